The SMILES string of the molecule is Cc1cccc(C)c1-n1ccnc1-c1ccncc1. The van der Waals surface area contributed by atoms with Crippen LogP contribution in [0.4, 0.5) is 0 Å². The first-order chi connectivity index (χ1) is 9.27. The fourth-order valence-electron chi connectivity index (χ4n) is 2.38. The van der Waals surface area contributed by atoms with Crippen LogP contribution in [-0.4, -0.2) is 14.5 Å². The summed E-state index contributed by atoms with van der Waals surface area (Å²) in [4.78, 5) is 8.54. The van der Waals surface area contributed by atoms with E-state index in [1.807, 2.05) is 24.5 Å². The quantitative estimate of drug-likeness (QED) is 0.695. The Kier molecular flexibility index (Phi) is 2.88. The number of imidazole rings is 1. The van der Waals surface area contributed by atoms with Gasteiger partial charge in [0.1, 0.15) is 5.82 Å². The molecule has 94 valence electrons. The van der Waals surface area contributed by atoms with Crippen LogP contribution in [0.1, 0.15) is 11.1 Å². The van der Waals surface area contributed by atoms with Gasteiger partial charge in [-0.3, -0.25) is 9.55 Å². The van der Waals surface area contributed by atoms with Gasteiger partial charge in [0, 0.05) is 30.4 Å². The van der Waals surface area contributed by atoms with Crippen LogP contribution >= 0.6 is 0 Å². The molecule has 3 rings (SSSR count). The first kappa shape index (κ1) is 11.7. The molecule has 0 spiro atoms. The summed E-state index contributed by atoms with van der Waals surface area (Å²) in [5.41, 5.74) is 4.76. The van der Waals surface area contributed by atoms with E-state index in [2.05, 4.69) is 46.6 Å². The van der Waals surface area contributed by atoms with Crippen LogP contribution < -0.4 is 0 Å². The largest absolute Gasteiger partial charge is 0.299 e. The molecule has 0 unspecified atom stereocenters. The van der Waals surface area contributed by atoms with Crippen LogP contribution in [0.2, 0.25) is 0 Å². The summed E-state index contributed by atoms with van der Waals surface area (Å²) in [6.07, 6.45) is 7.42. The molecule has 0 bridgehead atoms. The first-order valence-corrected chi connectivity index (χ1v) is 6.27. The molecule has 1 aromatic carbocycles. The average molecular weight is 249 g/mol. The number of rotatable bonds is 2. The highest BCUT2D eigenvalue weighted by Crippen LogP contribution is 2.25. The van der Waals surface area contributed by atoms with Gasteiger partial charge in [-0.1, -0.05) is 18.2 Å². The van der Waals surface area contributed by atoms with E-state index in [1.54, 1.807) is 12.4 Å². The summed E-state index contributed by atoms with van der Waals surface area (Å²) in [7, 11) is 0. The fourth-order valence-corrected chi connectivity index (χ4v) is 2.38. The van der Waals surface area contributed by atoms with Crippen molar-refractivity contribution in [3.63, 3.8) is 0 Å². The van der Waals surface area contributed by atoms with E-state index in [-0.39, 0.29) is 0 Å². The highest BCUT2D eigenvalue weighted by molar-refractivity contribution is 5.60. The predicted molar refractivity (Wildman–Crippen MR) is 76.3 cm³/mol. The summed E-state index contributed by atoms with van der Waals surface area (Å²) in [5.74, 6) is 0.944. The molecule has 2 heterocycles. The monoisotopic (exact) mass is 249 g/mol. The number of nitrogens with zero attached hydrogens (tertiary/aromatic N) is 3. The van der Waals surface area contributed by atoms with Crippen molar-refractivity contribution in [1.82, 2.24) is 14.5 Å². The van der Waals surface area contributed by atoms with Crippen molar-refractivity contribution in [2.24, 2.45) is 0 Å². The number of aromatic nitrogens is 3. The van der Waals surface area contributed by atoms with Crippen LogP contribution in [0.3, 0.4) is 0 Å². The second kappa shape index (κ2) is 4.69. The topological polar surface area (TPSA) is 30.7 Å². The minimum atomic E-state index is 0.944. The van der Waals surface area contributed by atoms with Gasteiger partial charge in [-0.2, -0.15) is 0 Å². The second-order valence-electron chi connectivity index (χ2n) is 4.60. The van der Waals surface area contributed by atoms with E-state index >= 15 is 0 Å². The molecule has 0 radical (unpaired) electrons. The van der Waals surface area contributed by atoms with Crippen molar-refractivity contribution in [2.45, 2.75) is 13.8 Å². The van der Waals surface area contributed by atoms with E-state index in [4.69, 9.17) is 0 Å². The van der Waals surface area contributed by atoms with Gasteiger partial charge in [-0.15, -0.1) is 0 Å². The second-order valence-corrected chi connectivity index (χ2v) is 4.60. The molecule has 3 nitrogen and oxygen atoms in total. The van der Waals surface area contributed by atoms with Crippen LogP contribution in [0.15, 0.2) is 55.1 Å². The molecule has 2 aromatic heterocycles. The van der Waals surface area contributed by atoms with Gasteiger partial charge in [0.15, 0.2) is 0 Å². The van der Waals surface area contributed by atoms with Crippen molar-refractivity contribution in [2.75, 3.05) is 0 Å². The van der Waals surface area contributed by atoms with Gasteiger partial charge in [-0.25, -0.2) is 4.98 Å². The Morgan fingerprint density at radius 1 is 0.895 bits per heavy atom. The van der Waals surface area contributed by atoms with Crippen molar-refractivity contribution in [1.29, 1.82) is 0 Å². The minimum Gasteiger partial charge on any atom is -0.299 e. The Hall–Kier alpha value is -2.42. The molecule has 0 atom stereocenters. The van der Waals surface area contributed by atoms with Gasteiger partial charge >= 0.3 is 0 Å². The molecule has 0 aliphatic rings. The van der Waals surface area contributed by atoms with Crippen LogP contribution in [0, 0.1) is 13.8 Å². The molecule has 0 saturated heterocycles. The third-order valence-electron chi connectivity index (χ3n) is 3.26. The molecule has 3 heteroatoms. The zero-order chi connectivity index (χ0) is 13.2. The van der Waals surface area contributed by atoms with E-state index in [9.17, 15) is 0 Å². The zero-order valence-corrected chi connectivity index (χ0v) is 11.0. The maximum Gasteiger partial charge on any atom is 0.144 e. The molecule has 19 heavy (non-hydrogen) atoms. The predicted octanol–water partition coefficient (Wildman–Crippen LogP) is 3.55. The zero-order valence-electron chi connectivity index (χ0n) is 11.0. The van der Waals surface area contributed by atoms with E-state index in [1.165, 1.54) is 16.8 Å². The Labute approximate surface area is 112 Å². The minimum absolute atomic E-state index is 0.944. The number of pyridine rings is 1. The summed E-state index contributed by atoms with van der Waals surface area (Å²) in [5, 5.41) is 0. The molecular formula is C16H15N3. The lowest BCUT2D eigenvalue weighted by Crippen LogP contribution is -2.01. The number of para-hydroxylation sites is 1. The molecule has 3 aromatic rings. The summed E-state index contributed by atoms with van der Waals surface area (Å²) >= 11 is 0. The van der Waals surface area contributed by atoms with Crippen LogP contribution in [0.25, 0.3) is 17.1 Å². The van der Waals surface area contributed by atoms with Gasteiger partial charge in [0.05, 0.1) is 5.69 Å². The van der Waals surface area contributed by atoms with E-state index in [0.717, 1.165) is 11.4 Å². The number of aryl methyl sites for hydroxylation is 2. The maximum atomic E-state index is 4.48. The standard InChI is InChI=1S/C16H15N3/c1-12-4-3-5-13(2)15(12)19-11-10-18-16(19)14-6-8-17-9-7-14/h3-11H,1-2H3. The number of hydrogen-bond acceptors (Lipinski definition) is 2. The highest BCUT2D eigenvalue weighted by atomic mass is 15.1. The summed E-state index contributed by atoms with van der Waals surface area (Å²) in [6.45, 7) is 4.25. The number of benzene rings is 1. The van der Waals surface area contributed by atoms with Crippen LogP contribution in [0.5, 0.6) is 0 Å². The normalized spacial score (nSPS) is 10.6. The average Bonchev–Trinajstić information content (AvgIpc) is 2.89. The lowest BCUT2D eigenvalue weighted by atomic mass is 10.1. The molecule has 0 saturated carbocycles. The maximum absolute atomic E-state index is 4.48. The molecule has 0 amide bonds. The van der Waals surface area contributed by atoms with E-state index < -0.39 is 0 Å². The smallest absolute Gasteiger partial charge is 0.144 e. The Morgan fingerprint density at radius 2 is 1.58 bits per heavy atom. The molecule has 0 fully saturated rings. The molecular weight excluding hydrogens is 234 g/mol. The lowest BCUT2D eigenvalue weighted by molar-refractivity contribution is 1.03. The van der Waals surface area contributed by atoms with E-state index in [0.29, 0.717) is 0 Å². The lowest BCUT2D eigenvalue weighted by Gasteiger charge is -2.13. The molecule has 0 aliphatic heterocycles. The Bertz CT molecular complexity index is 679. The summed E-state index contributed by atoms with van der Waals surface area (Å²) < 4.78 is 2.14. The molecule has 0 aliphatic carbocycles. The third-order valence-corrected chi connectivity index (χ3v) is 3.26. The Morgan fingerprint density at radius 3 is 2.26 bits per heavy atom. The first-order valence-electron chi connectivity index (χ1n) is 6.27. The van der Waals surface area contributed by atoms with Crippen molar-refractivity contribution in [3.8, 4) is 17.1 Å². The fraction of sp³-hybridized carbons (Fsp3) is 0.125. The van der Waals surface area contributed by atoms with Gasteiger partial charge in [0.25, 0.3) is 0 Å². The summed E-state index contributed by atoms with van der Waals surface area (Å²) in [6, 6.07) is 10.3. The number of hydrogen-bond donors (Lipinski definition) is 0. The highest BCUT2D eigenvalue weighted by Gasteiger charge is 2.11. The van der Waals surface area contributed by atoms with Gasteiger partial charge in [-0.05, 0) is 37.1 Å². The van der Waals surface area contributed by atoms with Crippen LogP contribution in [-0.2, 0) is 0 Å². The third kappa shape index (κ3) is 2.03. The van der Waals surface area contributed by atoms with Gasteiger partial charge < -0.3 is 0 Å². The van der Waals surface area contributed by atoms with Crippen molar-refractivity contribution in [3.05, 3.63) is 66.2 Å². The van der Waals surface area contributed by atoms with Gasteiger partial charge in [0.2, 0.25) is 0 Å². The van der Waals surface area contributed by atoms with Crippen molar-refractivity contribution < 1.29 is 0 Å². The van der Waals surface area contributed by atoms with Crippen molar-refractivity contribution >= 4 is 0 Å². The Balaban J connectivity index is 2.21. The molecule has 0 N–H and O–H groups in total.